The molecule has 10 heterocycles. The van der Waals surface area contributed by atoms with Crippen molar-refractivity contribution in [3.05, 3.63) is 243 Å². The Morgan fingerprint density at radius 2 is 0.830 bits per heavy atom. The Kier molecular flexibility index (Phi) is 19.9. The average molecular weight is 1340 g/mol. The molecule has 0 aliphatic heterocycles. The third-order valence-electron chi connectivity index (χ3n) is 16.1. The lowest BCUT2D eigenvalue weighted by atomic mass is 10.0. The summed E-state index contributed by atoms with van der Waals surface area (Å²) in [5.41, 5.74) is 14.4. The van der Waals surface area contributed by atoms with E-state index in [0.29, 0.717) is 78.2 Å². The van der Waals surface area contributed by atoms with Crippen molar-refractivity contribution < 1.29 is 14.4 Å². The second-order valence-corrected chi connectivity index (χ2v) is 23.4. The van der Waals surface area contributed by atoms with E-state index in [-0.39, 0.29) is 40.8 Å². The molecule has 0 unspecified atom stereocenters. The number of carbonyl (C=O) groups excluding carboxylic acids is 3. The molecule has 14 aromatic rings. The first-order chi connectivity index (χ1) is 48.5. The number of hydrogen-bond donors (Lipinski definition) is 9. The largest absolute Gasteiger partial charge is 0.338 e. The first-order valence-corrected chi connectivity index (χ1v) is 32.4. The number of H-pyrrole nitrogens is 3. The molecule has 0 saturated carbocycles. The standard InChI is InChI=1S/C26H25N7O2.C25H24N8O2.C21H23N7O2/c1-3-27-26(35)31-25-29-21-13-20(14-22(24(21)30-25)33-11-7-10-28-33)19-12-17(2)32(23(34)15-19)16-18-8-5-4-6-9-18;1-3-26-25(35)31-24-29-20-12-18(13-21(23(20)30-24)33-10-6-9-28-33)17-11-16(2)32(22(34)14-17)15-19-7-4-5-8-27-19;1-4-22-21(30)26-20-24-16-10-15(14-6-9-27(13(2)3)18(29)12-14)11-17(19(16)25-20)28-8-5-7-23-28/h4-15H,3,16H2,1-2H3,(H3,27,29,30,31,35);4-14H,3,15H2,1-2H3,(H3,26,29,30,31,35);5-13H,4H2,1-3H3,(H3,22,24,25,26,30). The highest BCUT2D eigenvalue weighted by molar-refractivity contribution is 5.97. The quantitative estimate of drug-likeness (QED) is 0.0410. The zero-order chi connectivity index (χ0) is 70.0. The van der Waals surface area contributed by atoms with E-state index in [0.717, 1.165) is 78.6 Å². The van der Waals surface area contributed by atoms with Gasteiger partial charge in [-0.15, -0.1) is 0 Å². The van der Waals surface area contributed by atoms with Gasteiger partial charge in [0.1, 0.15) is 16.6 Å². The van der Waals surface area contributed by atoms with E-state index < -0.39 is 0 Å². The SMILES string of the molecule is CCNC(=O)Nc1nc2c(-n3cccn3)cc(-c3cc(C)n(Cc4ccccc4)c(=O)c3)cc2[nH]1.CCNC(=O)Nc1nc2c(-n3cccn3)cc(-c3cc(C)n(Cc4ccccn4)c(=O)c3)cc2[nH]1.CCNC(=O)Nc1nc2c(-n3cccn3)cc(-c3ccn(C(C)C)c(=O)c3)cc2[nH]1. The van der Waals surface area contributed by atoms with Crippen molar-refractivity contribution in [1.29, 1.82) is 0 Å². The zero-order valence-electron chi connectivity index (χ0n) is 55.8. The van der Waals surface area contributed by atoms with Crippen LogP contribution in [0.4, 0.5) is 32.2 Å². The summed E-state index contributed by atoms with van der Waals surface area (Å²) in [7, 11) is 0. The van der Waals surface area contributed by atoms with Crippen LogP contribution in [-0.4, -0.2) is 116 Å². The Morgan fingerprint density at radius 3 is 1.20 bits per heavy atom. The van der Waals surface area contributed by atoms with Gasteiger partial charge in [-0.05, 0) is 172 Å². The van der Waals surface area contributed by atoms with Gasteiger partial charge in [0.15, 0.2) is 0 Å². The third kappa shape index (κ3) is 15.2. The number of aromatic amines is 3. The van der Waals surface area contributed by atoms with Crippen molar-refractivity contribution in [3.8, 4) is 50.4 Å². The van der Waals surface area contributed by atoms with Crippen LogP contribution in [0.15, 0.2) is 203 Å². The van der Waals surface area contributed by atoms with Gasteiger partial charge in [0.2, 0.25) is 17.8 Å². The van der Waals surface area contributed by atoms with Gasteiger partial charge >= 0.3 is 18.1 Å². The fraction of sp³-hybridized carbons (Fsp3) is 0.181. The van der Waals surface area contributed by atoms with Crippen molar-refractivity contribution in [2.45, 2.75) is 67.6 Å². The number of pyridine rings is 4. The predicted molar refractivity (Wildman–Crippen MR) is 386 cm³/mol. The van der Waals surface area contributed by atoms with E-state index >= 15 is 0 Å². The molecule has 4 aromatic carbocycles. The monoisotopic (exact) mass is 1340 g/mol. The third-order valence-corrected chi connectivity index (χ3v) is 16.1. The maximum Gasteiger partial charge on any atom is 0.321 e. The van der Waals surface area contributed by atoms with Gasteiger partial charge in [0.25, 0.3) is 16.7 Å². The predicted octanol–water partition coefficient (Wildman–Crippen LogP) is 10.8. The Bertz CT molecular complexity index is 5180. The summed E-state index contributed by atoms with van der Waals surface area (Å²) in [6, 6.07) is 42.4. The van der Waals surface area contributed by atoms with E-state index in [4.69, 9.17) is 0 Å². The number of aromatic nitrogens is 16. The van der Waals surface area contributed by atoms with Crippen LogP contribution in [0.2, 0.25) is 0 Å². The van der Waals surface area contributed by atoms with E-state index in [1.54, 1.807) is 76.9 Å². The van der Waals surface area contributed by atoms with Gasteiger partial charge < -0.3 is 44.6 Å². The maximum absolute atomic E-state index is 13.1. The van der Waals surface area contributed by atoms with Crippen LogP contribution in [0.3, 0.4) is 0 Å². The summed E-state index contributed by atoms with van der Waals surface area (Å²) in [5, 5.41) is 29.2. The topological polar surface area (TPSA) is 342 Å². The minimum atomic E-state index is -0.348. The minimum absolute atomic E-state index is 0.0635. The summed E-state index contributed by atoms with van der Waals surface area (Å²) in [5.74, 6) is 0.973. The Labute approximate surface area is 571 Å². The lowest BCUT2D eigenvalue weighted by Gasteiger charge is -2.13. The first kappa shape index (κ1) is 66.7. The first-order valence-electron chi connectivity index (χ1n) is 32.4. The number of anilines is 3. The molecule has 0 aliphatic carbocycles. The van der Waals surface area contributed by atoms with Gasteiger partial charge in [0, 0.05) is 105 Å². The van der Waals surface area contributed by atoms with E-state index in [2.05, 4.69) is 82.1 Å². The fourth-order valence-corrected chi connectivity index (χ4v) is 11.4. The highest BCUT2D eigenvalue weighted by Gasteiger charge is 2.20. The molecule has 0 atom stereocenters. The lowest BCUT2D eigenvalue weighted by Crippen LogP contribution is -2.28. The number of aryl methyl sites for hydroxylation is 2. The maximum atomic E-state index is 13.1. The van der Waals surface area contributed by atoms with Gasteiger partial charge in [-0.1, -0.05) is 36.4 Å². The summed E-state index contributed by atoms with van der Waals surface area (Å²) in [6.45, 7) is 15.7. The van der Waals surface area contributed by atoms with Crippen LogP contribution in [0.25, 0.3) is 83.5 Å². The molecule has 9 N–H and O–H groups in total. The summed E-state index contributed by atoms with van der Waals surface area (Å²) >= 11 is 0. The number of imidazole rings is 3. The number of rotatable bonds is 17. The Morgan fingerprint density at radius 1 is 0.430 bits per heavy atom. The van der Waals surface area contributed by atoms with Crippen molar-refractivity contribution in [2.24, 2.45) is 0 Å². The molecule has 14 rings (SSSR count). The van der Waals surface area contributed by atoms with Crippen LogP contribution in [0.5, 0.6) is 0 Å². The molecule has 0 bridgehead atoms. The minimum Gasteiger partial charge on any atom is -0.338 e. The molecule has 506 valence electrons. The number of benzene rings is 4. The number of amides is 6. The molecule has 28 nitrogen and oxygen atoms in total. The summed E-state index contributed by atoms with van der Waals surface area (Å²) in [4.78, 5) is 102. The molecule has 6 amide bonds. The average Bonchev–Trinajstić information content (AvgIpc) is 1.55. The van der Waals surface area contributed by atoms with Crippen molar-refractivity contribution in [3.63, 3.8) is 0 Å². The molecule has 0 radical (unpaired) electrons. The van der Waals surface area contributed by atoms with Crippen LogP contribution in [0, 0.1) is 13.8 Å². The molecule has 0 spiro atoms. The van der Waals surface area contributed by atoms with Crippen LogP contribution >= 0.6 is 0 Å². The van der Waals surface area contributed by atoms with Gasteiger partial charge in [-0.2, -0.15) is 15.3 Å². The fourth-order valence-electron chi connectivity index (χ4n) is 11.4. The number of nitrogens with zero attached hydrogens (tertiary/aromatic N) is 13. The molecule has 10 aromatic heterocycles. The van der Waals surface area contributed by atoms with Crippen molar-refractivity contribution in [2.75, 3.05) is 35.6 Å². The lowest BCUT2D eigenvalue weighted by molar-refractivity contribution is 0.251. The molecule has 100 heavy (non-hydrogen) atoms. The van der Waals surface area contributed by atoms with E-state index in [9.17, 15) is 28.8 Å². The smallest absolute Gasteiger partial charge is 0.321 e. The molecular weight excluding hydrogens is 1270 g/mol. The molecule has 0 fully saturated rings. The van der Waals surface area contributed by atoms with E-state index in [1.807, 2.05) is 188 Å². The molecular formula is C72H72N22O6. The van der Waals surface area contributed by atoms with Crippen molar-refractivity contribution >= 4 is 69.0 Å². The zero-order valence-corrected chi connectivity index (χ0v) is 55.8. The van der Waals surface area contributed by atoms with E-state index in [1.165, 1.54) is 0 Å². The van der Waals surface area contributed by atoms with Crippen molar-refractivity contribution in [1.82, 2.24) is 93.9 Å². The van der Waals surface area contributed by atoms with Gasteiger partial charge in [-0.3, -0.25) is 35.3 Å². The highest BCUT2D eigenvalue weighted by Crippen LogP contribution is 2.33. The van der Waals surface area contributed by atoms with Gasteiger partial charge in [-0.25, -0.2) is 43.4 Å². The molecule has 28 heteroatoms. The summed E-state index contributed by atoms with van der Waals surface area (Å²) < 4.78 is 10.3. The van der Waals surface area contributed by atoms with Gasteiger partial charge in [0.05, 0.1) is 52.4 Å². The molecule has 0 saturated heterocycles. The number of urea groups is 3. The second kappa shape index (κ2) is 29.8. The van der Waals surface area contributed by atoms with Crippen LogP contribution in [-0.2, 0) is 13.1 Å². The number of carbonyl (C=O) groups is 3. The molecule has 0 aliphatic rings. The second-order valence-electron chi connectivity index (χ2n) is 23.4. The Hall–Kier alpha value is -13.3. The normalized spacial score (nSPS) is 11.1. The number of hydrogen-bond acceptors (Lipinski definition) is 13. The van der Waals surface area contributed by atoms with Crippen LogP contribution < -0.4 is 48.6 Å². The highest BCUT2D eigenvalue weighted by atomic mass is 16.2. The summed E-state index contributed by atoms with van der Waals surface area (Å²) in [6.07, 6.45) is 14.0. The van der Waals surface area contributed by atoms with Crippen LogP contribution in [0.1, 0.15) is 63.3 Å². The number of nitrogens with one attached hydrogen (secondary N) is 9. The Balaban J connectivity index is 0.000000143. The number of fused-ring (bicyclic) bond motifs is 3.